The van der Waals surface area contributed by atoms with E-state index >= 15 is 0 Å². The van der Waals surface area contributed by atoms with Gasteiger partial charge in [-0.2, -0.15) is 0 Å². The van der Waals surface area contributed by atoms with Crippen LogP contribution >= 0.6 is 0 Å². The number of fused-ring (bicyclic) bond motifs is 1. The van der Waals surface area contributed by atoms with Gasteiger partial charge in [0, 0.05) is 25.9 Å². The van der Waals surface area contributed by atoms with Crippen molar-refractivity contribution in [2.75, 3.05) is 13.6 Å². The number of carbonyl (C=O) groups is 2. The Hall–Kier alpha value is -2.66. The Kier molecular flexibility index (Phi) is 5.67. The first kappa shape index (κ1) is 19.6. The third kappa shape index (κ3) is 4.06. The third-order valence-electron chi connectivity index (χ3n) is 6.34. The van der Waals surface area contributed by atoms with Gasteiger partial charge >= 0.3 is 0 Å². The van der Waals surface area contributed by atoms with Gasteiger partial charge in [0.25, 0.3) is 0 Å². The van der Waals surface area contributed by atoms with Crippen molar-refractivity contribution in [2.24, 2.45) is 0 Å². The largest absolute Gasteiger partial charge is 0.354 e. The van der Waals surface area contributed by atoms with Crippen LogP contribution in [0.4, 0.5) is 0 Å². The molecule has 5 nitrogen and oxygen atoms in total. The van der Waals surface area contributed by atoms with Crippen LogP contribution in [-0.2, 0) is 29.0 Å². The zero-order valence-electron chi connectivity index (χ0n) is 17.0. The minimum absolute atomic E-state index is 0.0471. The average Bonchev–Trinajstić information content (AvgIpc) is 3.03. The van der Waals surface area contributed by atoms with E-state index in [1.54, 1.807) is 0 Å². The van der Waals surface area contributed by atoms with Crippen LogP contribution in [0.2, 0.25) is 0 Å². The van der Waals surface area contributed by atoms with E-state index in [1.807, 2.05) is 37.4 Å². The summed E-state index contributed by atoms with van der Waals surface area (Å²) in [6, 6.07) is 18.1. The van der Waals surface area contributed by atoms with Gasteiger partial charge < -0.3 is 10.6 Å². The van der Waals surface area contributed by atoms with Crippen LogP contribution in [0.1, 0.15) is 36.0 Å². The molecule has 1 aliphatic heterocycles. The molecule has 0 radical (unpaired) electrons. The SMILES string of the molecule is CN(Cc1ccccc1)C1(C(=O)N[C@H]2CCCCNC2=O)Cc2ccccc2C1. The van der Waals surface area contributed by atoms with E-state index in [4.69, 9.17) is 0 Å². The maximum absolute atomic E-state index is 13.7. The molecule has 2 N–H and O–H groups in total. The second-order valence-electron chi connectivity index (χ2n) is 8.31. The van der Waals surface area contributed by atoms with Crippen molar-refractivity contribution in [1.29, 1.82) is 0 Å². The molecule has 1 saturated heterocycles. The fourth-order valence-electron chi connectivity index (χ4n) is 4.58. The molecule has 152 valence electrons. The number of benzene rings is 2. The number of nitrogens with zero attached hydrogens (tertiary/aromatic N) is 1. The predicted molar refractivity (Wildman–Crippen MR) is 113 cm³/mol. The van der Waals surface area contributed by atoms with Crippen LogP contribution in [0.15, 0.2) is 54.6 Å². The molecule has 0 saturated carbocycles. The topological polar surface area (TPSA) is 61.4 Å². The van der Waals surface area contributed by atoms with Crippen LogP contribution in [0, 0.1) is 0 Å². The Bertz CT molecular complexity index is 856. The molecule has 1 aliphatic carbocycles. The van der Waals surface area contributed by atoms with Crippen molar-refractivity contribution >= 4 is 11.8 Å². The van der Waals surface area contributed by atoms with Crippen molar-refractivity contribution in [1.82, 2.24) is 15.5 Å². The van der Waals surface area contributed by atoms with Gasteiger partial charge in [0.1, 0.15) is 11.6 Å². The van der Waals surface area contributed by atoms with Crippen molar-refractivity contribution in [3.05, 3.63) is 71.3 Å². The van der Waals surface area contributed by atoms with Gasteiger partial charge in [0.2, 0.25) is 11.8 Å². The van der Waals surface area contributed by atoms with Gasteiger partial charge in [-0.05, 0) is 43.0 Å². The van der Waals surface area contributed by atoms with Crippen molar-refractivity contribution in [3.8, 4) is 0 Å². The van der Waals surface area contributed by atoms with Gasteiger partial charge in [0.15, 0.2) is 0 Å². The van der Waals surface area contributed by atoms with Gasteiger partial charge in [0.05, 0.1) is 0 Å². The van der Waals surface area contributed by atoms with E-state index in [0.29, 0.717) is 32.4 Å². The fourth-order valence-corrected chi connectivity index (χ4v) is 4.58. The second-order valence-corrected chi connectivity index (χ2v) is 8.31. The number of rotatable bonds is 5. The molecule has 0 unspecified atom stereocenters. The van der Waals surface area contributed by atoms with E-state index in [-0.39, 0.29) is 11.8 Å². The molecule has 2 amide bonds. The first-order chi connectivity index (χ1) is 14.1. The quantitative estimate of drug-likeness (QED) is 0.823. The zero-order chi connectivity index (χ0) is 20.3. The molecule has 0 aromatic heterocycles. The van der Waals surface area contributed by atoms with Gasteiger partial charge in [-0.3, -0.25) is 14.5 Å². The maximum atomic E-state index is 13.7. The van der Waals surface area contributed by atoms with Gasteiger partial charge in [-0.1, -0.05) is 54.6 Å². The summed E-state index contributed by atoms with van der Waals surface area (Å²) in [5, 5.41) is 6.02. The Morgan fingerprint density at radius 2 is 1.72 bits per heavy atom. The van der Waals surface area contributed by atoms with Crippen molar-refractivity contribution in [3.63, 3.8) is 0 Å². The monoisotopic (exact) mass is 391 g/mol. The van der Waals surface area contributed by atoms with Crippen LogP contribution < -0.4 is 10.6 Å². The van der Waals surface area contributed by atoms with Crippen LogP contribution in [0.3, 0.4) is 0 Å². The molecule has 4 rings (SSSR count). The smallest absolute Gasteiger partial charge is 0.242 e. The molecule has 0 spiro atoms. The molecular weight excluding hydrogens is 362 g/mol. The number of likely N-dealkylation sites (N-methyl/N-ethyl adjacent to an activating group) is 1. The van der Waals surface area contributed by atoms with E-state index in [1.165, 1.54) is 16.7 Å². The highest BCUT2D eigenvalue weighted by molar-refractivity contribution is 5.93. The lowest BCUT2D eigenvalue weighted by Crippen LogP contribution is -2.61. The van der Waals surface area contributed by atoms with Crippen LogP contribution in [0.5, 0.6) is 0 Å². The van der Waals surface area contributed by atoms with E-state index < -0.39 is 11.6 Å². The summed E-state index contributed by atoms with van der Waals surface area (Å²) in [6.07, 6.45) is 3.92. The molecular formula is C24H29N3O2. The third-order valence-corrected chi connectivity index (χ3v) is 6.34. The summed E-state index contributed by atoms with van der Waals surface area (Å²) >= 11 is 0. The number of carbonyl (C=O) groups excluding carboxylic acids is 2. The normalized spacial score (nSPS) is 20.6. The Balaban J connectivity index is 1.60. The lowest BCUT2D eigenvalue weighted by atomic mass is 9.91. The number of amides is 2. The average molecular weight is 392 g/mol. The predicted octanol–water partition coefficient (Wildman–Crippen LogP) is 2.44. The Labute approximate surface area is 172 Å². The van der Waals surface area contributed by atoms with E-state index in [9.17, 15) is 9.59 Å². The maximum Gasteiger partial charge on any atom is 0.242 e. The number of nitrogens with one attached hydrogen (secondary N) is 2. The second kappa shape index (κ2) is 8.37. The number of hydrogen-bond acceptors (Lipinski definition) is 3. The Morgan fingerprint density at radius 3 is 2.41 bits per heavy atom. The van der Waals surface area contributed by atoms with Gasteiger partial charge in [-0.25, -0.2) is 0 Å². The zero-order valence-corrected chi connectivity index (χ0v) is 17.0. The Morgan fingerprint density at radius 1 is 1.07 bits per heavy atom. The highest BCUT2D eigenvalue weighted by Crippen LogP contribution is 2.35. The van der Waals surface area contributed by atoms with Gasteiger partial charge in [-0.15, -0.1) is 0 Å². The lowest BCUT2D eigenvalue weighted by Gasteiger charge is -2.38. The van der Waals surface area contributed by atoms with Crippen LogP contribution in [0.25, 0.3) is 0 Å². The standard InChI is InChI=1S/C24H29N3O2/c1-27(17-18-9-3-2-4-10-18)24(15-19-11-5-6-12-20(19)16-24)23(29)26-21-13-7-8-14-25-22(21)28/h2-6,9-12,21H,7-8,13-17H2,1H3,(H,25,28)(H,26,29)/t21-/m0/s1. The molecule has 1 fully saturated rings. The molecule has 2 aromatic carbocycles. The molecule has 2 aliphatic rings. The van der Waals surface area contributed by atoms with E-state index in [2.05, 4.69) is 39.8 Å². The van der Waals surface area contributed by atoms with E-state index in [0.717, 1.165) is 12.8 Å². The summed E-state index contributed by atoms with van der Waals surface area (Å²) in [5.41, 5.74) is 2.91. The summed E-state index contributed by atoms with van der Waals surface area (Å²) < 4.78 is 0. The van der Waals surface area contributed by atoms with Crippen molar-refractivity contribution < 1.29 is 9.59 Å². The minimum atomic E-state index is -0.688. The highest BCUT2D eigenvalue weighted by Gasteiger charge is 2.47. The molecule has 2 aromatic rings. The fraction of sp³-hybridized carbons (Fsp3) is 0.417. The summed E-state index contributed by atoms with van der Waals surface area (Å²) in [4.78, 5) is 28.2. The first-order valence-corrected chi connectivity index (χ1v) is 10.5. The summed E-state index contributed by atoms with van der Waals surface area (Å²) in [7, 11) is 2.02. The van der Waals surface area contributed by atoms with Crippen LogP contribution in [-0.4, -0.2) is 41.9 Å². The molecule has 29 heavy (non-hydrogen) atoms. The molecule has 1 heterocycles. The molecule has 5 heteroatoms. The molecule has 0 bridgehead atoms. The summed E-state index contributed by atoms with van der Waals surface area (Å²) in [5.74, 6) is -0.110. The van der Waals surface area contributed by atoms with Crippen molar-refractivity contribution in [2.45, 2.75) is 50.2 Å². The lowest BCUT2D eigenvalue weighted by molar-refractivity contribution is -0.136. The number of hydrogen-bond donors (Lipinski definition) is 2. The first-order valence-electron chi connectivity index (χ1n) is 10.5. The summed E-state index contributed by atoms with van der Waals surface area (Å²) in [6.45, 7) is 1.37. The molecule has 1 atom stereocenters. The minimum Gasteiger partial charge on any atom is -0.354 e. The highest BCUT2D eigenvalue weighted by atomic mass is 16.2.